The fourth-order valence-electron chi connectivity index (χ4n) is 5.69. The molecule has 1 aromatic rings. The second-order valence-electron chi connectivity index (χ2n) is 10.7. The standard InChI is InChI=1S/C26H35F3N2O3/c1-16(2)14-30-22-8-10-25(13-22,23(19-4-5-19)34-17(3)32)24(33)31-11-9-18-6-7-21(26(27,28)29)12-20(18)15-31/h6-7,12,16,19,22-23,30H,4-5,8-11,13-15H2,1-3H3/t22?,23?,25-/m0/s1. The molecule has 1 N–H and O–H groups in total. The number of rotatable bonds is 7. The molecule has 34 heavy (non-hydrogen) atoms. The van der Waals surface area contributed by atoms with Crippen LogP contribution in [-0.2, 0) is 33.5 Å². The highest BCUT2D eigenvalue weighted by atomic mass is 19.4. The van der Waals surface area contributed by atoms with Crippen molar-refractivity contribution < 1.29 is 27.5 Å². The third-order valence-electron chi connectivity index (χ3n) is 7.51. The smallest absolute Gasteiger partial charge is 0.416 e. The lowest BCUT2D eigenvalue weighted by atomic mass is 9.75. The van der Waals surface area contributed by atoms with Gasteiger partial charge in [0, 0.05) is 26.1 Å². The molecule has 1 aliphatic heterocycles. The Hall–Kier alpha value is -2.09. The minimum absolute atomic E-state index is 0.0810. The quantitative estimate of drug-likeness (QED) is 0.574. The van der Waals surface area contributed by atoms with Gasteiger partial charge < -0.3 is 15.0 Å². The number of alkyl halides is 3. The van der Waals surface area contributed by atoms with Crippen LogP contribution in [0.2, 0.25) is 0 Å². The van der Waals surface area contributed by atoms with Crippen molar-refractivity contribution in [3.05, 3.63) is 34.9 Å². The first kappa shape index (κ1) is 25.0. The number of nitrogens with zero attached hydrogens (tertiary/aromatic N) is 1. The second kappa shape index (κ2) is 9.51. The normalized spacial score (nSPS) is 25.9. The molecule has 2 aliphatic carbocycles. The maximum atomic E-state index is 14.1. The van der Waals surface area contributed by atoms with Crippen LogP contribution in [0.1, 0.15) is 69.6 Å². The first-order chi connectivity index (χ1) is 16.0. The van der Waals surface area contributed by atoms with E-state index in [2.05, 4.69) is 19.2 Å². The van der Waals surface area contributed by atoms with E-state index in [1.54, 1.807) is 4.90 Å². The molecule has 4 rings (SSSR count). The van der Waals surface area contributed by atoms with E-state index in [9.17, 15) is 22.8 Å². The zero-order valence-electron chi connectivity index (χ0n) is 20.2. The van der Waals surface area contributed by atoms with Crippen molar-refractivity contribution in [1.82, 2.24) is 10.2 Å². The number of halogens is 3. The van der Waals surface area contributed by atoms with Gasteiger partial charge in [-0.05, 0) is 80.2 Å². The zero-order chi connectivity index (χ0) is 24.7. The molecule has 1 heterocycles. The van der Waals surface area contributed by atoms with E-state index in [-0.39, 0.29) is 30.4 Å². The van der Waals surface area contributed by atoms with Gasteiger partial charge in [-0.15, -0.1) is 0 Å². The summed E-state index contributed by atoms with van der Waals surface area (Å²) < 4.78 is 45.7. The van der Waals surface area contributed by atoms with Crippen molar-refractivity contribution >= 4 is 11.9 Å². The number of hydrogen-bond donors (Lipinski definition) is 1. The Balaban J connectivity index is 1.61. The SMILES string of the molecule is CC(=O)OC(C1CC1)[C@]1(C(=O)N2CCc3ccc(C(F)(F)F)cc3C2)CCC(NCC(C)C)C1. The van der Waals surface area contributed by atoms with Gasteiger partial charge in [-0.25, -0.2) is 0 Å². The fourth-order valence-corrected chi connectivity index (χ4v) is 5.69. The van der Waals surface area contributed by atoms with Gasteiger partial charge in [-0.3, -0.25) is 9.59 Å². The number of ether oxygens (including phenoxy) is 1. The molecule has 1 amide bonds. The third-order valence-corrected chi connectivity index (χ3v) is 7.51. The van der Waals surface area contributed by atoms with Crippen LogP contribution in [0.3, 0.4) is 0 Å². The molecule has 2 fully saturated rings. The van der Waals surface area contributed by atoms with Gasteiger partial charge in [-0.1, -0.05) is 19.9 Å². The van der Waals surface area contributed by atoms with Crippen molar-refractivity contribution in [3.8, 4) is 0 Å². The monoisotopic (exact) mass is 480 g/mol. The maximum absolute atomic E-state index is 14.1. The van der Waals surface area contributed by atoms with Gasteiger partial charge >= 0.3 is 12.1 Å². The van der Waals surface area contributed by atoms with Crippen LogP contribution in [0.5, 0.6) is 0 Å². The number of amides is 1. The maximum Gasteiger partial charge on any atom is 0.416 e. The van der Waals surface area contributed by atoms with Gasteiger partial charge in [0.05, 0.1) is 11.0 Å². The van der Waals surface area contributed by atoms with Crippen molar-refractivity contribution in [3.63, 3.8) is 0 Å². The van der Waals surface area contributed by atoms with Crippen molar-refractivity contribution in [2.24, 2.45) is 17.3 Å². The molecule has 5 nitrogen and oxygen atoms in total. The molecule has 3 atom stereocenters. The fraction of sp³-hybridized carbons (Fsp3) is 0.692. The van der Waals surface area contributed by atoms with Gasteiger partial charge in [0.15, 0.2) is 0 Å². The van der Waals surface area contributed by atoms with E-state index in [0.29, 0.717) is 37.3 Å². The van der Waals surface area contributed by atoms with Crippen LogP contribution >= 0.6 is 0 Å². The number of hydrogen-bond acceptors (Lipinski definition) is 4. The van der Waals surface area contributed by atoms with Crippen LogP contribution in [-0.4, -0.2) is 42.0 Å². The number of esters is 1. The first-order valence-corrected chi connectivity index (χ1v) is 12.4. The topological polar surface area (TPSA) is 58.6 Å². The van der Waals surface area contributed by atoms with E-state index in [4.69, 9.17) is 4.74 Å². The highest BCUT2D eigenvalue weighted by Crippen LogP contribution is 2.52. The average Bonchev–Trinajstić information content (AvgIpc) is 3.52. The molecule has 3 aliphatic rings. The Morgan fingerprint density at radius 2 is 1.94 bits per heavy atom. The summed E-state index contributed by atoms with van der Waals surface area (Å²) in [6.07, 6.45) is -0.524. The summed E-state index contributed by atoms with van der Waals surface area (Å²) in [4.78, 5) is 27.8. The molecular formula is C26H35F3N2O3. The predicted molar refractivity (Wildman–Crippen MR) is 122 cm³/mol. The highest BCUT2D eigenvalue weighted by Gasteiger charge is 2.58. The molecule has 0 aromatic heterocycles. The summed E-state index contributed by atoms with van der Waals surface area (Å²) in [7, 11) is 0. The summed E-state index contributed by atoms with van der Waals surface area (Å²) in [5, 5.41) is 3.56. The molecule has 8 heteroatoms. The summed E-state index contributed by atoms with van der Waals surface area (Å²) in [6.45, 7) is 7.10. The number of nitrogens with one attached hydrogen (secondary N) is 1. The van der Waals surface area contributed by atoms with Crippen molar-refractivity contribution in [2.75, 3.05) is 13.1 Å². The van der Waals surface area contributed by atoms with Gasteiger partial charge in [-0.2, -0.15) is 13.2 Å². The molecule has 2 unspecified atom stereocenters. The lowest BCUT2D eigenvalue weighted by Crippen LogP contribution is -2.53. The van der Waals surface area contributed by atoms with Gasteiger partial charge in [0.2, 0.25) is 5.91 Å². The third kappa shape index (κ3) is 5.26. The Kier molecular flexibility index (Phi) is 7.00. The van der Waals surface area contributed by atoms with E-state index in [1.165, 1.54) is 19.1 Å². The molecule has 1 aromatic carbocycles. The summed E-state index contributed by atoms with van der Waals surface area (Å²) in [5.41, 5.74) is -0.120. The molecule has 0 radical (unpaired) electrons. The van der Waals surface area contributed by atoms with Crippen LogP contribution in [0, 0.1) is 17.3 Å². The Bertz CT molecular complexity index is 928. The lowest BCUT2D eigenvalue weighted by molar-refractivity contribution is -0.166. The Morgan fingerprint density at radius 1 is 1.21 bits per heavy atom. The van der Waals surface area contributed by atoms with Crippen molar-refractivity contribution in [2.45, 2.75) is 84.2 Å². The highest BCUT2D eigenvalue weighted by molar-refractivity contribution is 5.85. The van der Waals surface area contributed by atoms with Crippen LogP contribution in [0.4, 0.5) is 13.2 Å². The molecule has 2 saturated carbocycles. The zero-order valence-corrected chi connectivity index (χ0v) is 20.2. The minimum Gasteiger partial charge on any atom is -0.461 e. The van der Waals surface area contributed by atoms with E-state index < -0.39 is 23.3 Å². The lowest BCUT2D eigenvalue weighted by Gasteiger charge is -2.41. The van der Waals surface area contributed by atoms with Crippen molar-refractivity contribution in [1.29, 1.82) is 0 Å². The summed E-state index contributed by atoms with van der Waals surface area (Å²) in [5.74, 6) is 0.175. The summed E-state index contributed by atoms with van der Waals surface area (Å²) >= 11 is 0. The Morgan fingerprint density at radius 3 is 2.56 bits per heavy atom. The first-order valence-electron chi connectivity index (χ1n) is 12.4. The Labute approximate surface area is 199 Å². The van der Waals surface area contributed by atoms with E-state index in [1.807, 2.05) is 0 Å². The molecule has 0 bridgehead atoms. The summed E-state index contributed by atoms with van der Waals surface area (Å²) in [6, 6.07) is 3.97. The van der Waals surface area contributed by atoms with Crippen LogP contribution in [0.25, 0.3) is 0 Å². The van der Waals surface area contributed by atoms with Crippen LogP contribution < -0.4 is 5.32 Å². The van der Waals surface area contributed by atoms with E-state index in [0.717, 1.165) is 37.4 Å². The van der Waals surface area contributed by atoms with Crippen LogP contribution in [0.15, 0.2) is 18.2 Å². The average molecular weight is 481 g/mol. The van der Waals surface area contributed by atoms with Gasteiger partial charge in [0.25, 0.3) is 0 Å². The number of carbonyl (C=O) groups is 2. The van der Waals surface area contributed by atoms with E-state index >= 15 is 0 Å². The number of fused-ring (bicyclic) bond motifs is 1. The van der Waals surface area contributed by atoms with Gasteiger partial charge in [0.1, 0.15) is 6.10 Å². The largest absolute Gasteiger partial charge is 0.461 e. The second-order valence-corrected chi connectivity index (χ2v) is 10.7. The molecule has 0 saturated heterocycles. The number of carbonyl (C=O) groups excluding carboxylic acids is 2. The molecular weight excluding hydrogens is 445 g/mol. The molecule has 188 valence electrons. The minimum atomic E-state index is -4.42. The number of benzene rings is 1. The predicted octanol–water partition coefficient (Wildman–Crippen LogP) is 4.72. The molecule has 0 spiro atoms.